The summed E-state index contributed by atoms with van der Waals surface area (Å²) in [5.41, 5.74) is 5.74. The van der Waals surface area contributed by atoms with Crippen LogP contribution in [-0.4, -0.2) is 36.7 Å². The molecular weight excluding hydrogens is 224 g/mol. The topological polar surface area (TPSA) is 102 Å². The largest absolute Gasteiger partial charge is 0.394 e. The molecule has 1 aromatic carbocycles. The molecule has 0 atom stereocenters. The summed E-state index contributed by atoms with van der Waals surface area (Å²) in [6, 6.07) is 6.42. The number of amides is 2. The molecule has 92 valence electrons. The molecule has 0 aliphatic rings. The maximum Gasteiger partial charge on any atom is 0.250 e. The zero-order valence-electron chi connectivity index (χ0n) is 9.18. The molecule has 0 saturated carbocycles. The van der Waals surface area contributed by atoms with Crippen molar-refractivity contribution in [3.05, 3.63) is 29.8 Å². The third-order valence-corrected chi connectivity index (χ3v) is 1.94. The first kappa shape index (κ1) is 13.1. The number of carbonyl (C=O) groups is 2. The van der Waals surface area contributed by atoms with E-state index in [0.29, 0.717) is 5.69 Å². The van der Waals surface area contributed by atoms with Crippen molar-refractivity contribution in [2.24, 2.45) is 5.73 Å². The molecular formula is C11H14N2O4. The summed E-state index contributed by atoms with van der Waals surface area (Å²) in [7, 11) is 0. The van der Waals surface area contributed by atoms with E-state index in [0.717, 1.165) is 0 Å². The number of para-hydroxylation sites is 1. The minimum Gasteiger partial charge on any atom is -0.394 e. The van der Waals surface area contributed by atoms with E-state index < -0.39 is 11.8 Å². The van der Waals surface area contributed by atoms with Gasteiger partial charge in [-0.1, -0.05) is 12.1 Å². The van der Waals surface area contributed by atoms with Gasteiger partial charge in [-0.3, -0.25) is 9.59 Å². The van der Waals surface area contributed by atoms with Crippen LogP contribution < -0.4 is 11.1 Å². The summed E-state index contributed by atoms with van der Waals surface area (Å²) in [6.45, 7) is -0.246. The second kappa shape index (κ2) is 6.62. The Morgan fingerprint density at radius 3 is 2.71 bits per heavy atom. The Kier molecular flexibility index (Phi) is 5.12. The summed E-state index contributed by atoms with van der Waals surface area (Å²) in [5, 5.41) is 11.0. The van der Waals surface area contributed by atoms with E-state index in [4.69, 9.17) is 15.6 Å². The fourth-order valence-corrected chi connectivity index (χ4v) is 1.22. The number of ether oxygens (including phenoxy) is 1. The van der Waals surface area contributed by atoms with Crippen molar-refractivity contribution in [2.45, 2.75) is 0 Å². The van der Waals surface area contributed by atoms with Gasteiger partial charge in [0.15, 0.2) is 0 Å². The number of hydrogen-bond donors (Lipinski definition) is 3. The van der Waals surface area contributed by atoms with Crippen LogP contribution in [0, 0.1) is 0 Å². The van der Waals surface area contributed by atoms with Gasteiger partial charge >= 0.3 is 0 Å². The smallest absolute Gasteiger partial charge is 0.250 e. The maximum absolute atomic E-state index is 11.4. The number of hydrogen-bond acceptors (Lipinski definition) is 4. The summed E-state index contributed by atoms with van der Waals surface area (Å²) in [6.07, 6.45) is 0. The van der Waals surface area contributed by atoms with E-state index in [1.807, 2.05) is 0 Å². The molecule has 0 unspecified atom stereocenters. The summed E-state index contributed by atoms with van der Waals surface area (Å²) >= 11 is 0. The highest BCUT2D eigenvalue weighted by molar-refractivity contribution is 6.03. The molecule has 6 heteroatoms. The van der Waals surface area contributed by atoms with Crippen LogP contribution in [0.4, 0.5) is 5.69 Å². The monoisotopic (exact) mass is 238 g/mol. The van der Waals surface area contributed by atoms with Gasteiger partial charge < -0.3 is 20.9 Å². The quantitative estimate of drug-likeness (QED) is 0.594. The fraction of sp³-hybridized carbons (Fsp3) is 0.273. The van der Waals surface area contributed by atoms with Gasteiger partial charge in [-0.25, -0.2) is 0 Å². The molecule has 0 fully saturated rings. The van der Waals surface area contributed by atoms with E-state index in [1.54, 1.807) is 18.2 Å². The third-order valence-electron chi connectivity index (χ3n) is 1.94. The van der Waals surface area contributed by atoms with Gasteiger partial charge in [0.1, 0.15) is 6.61 Å². The van der Waals surface area contributed by atoms with Crippen LogP contribution in [-0.2, 0) is 9.53 Å². The van der Waals surface area contributed by atoms with Gasteiger partial charge in [0, 0.05) is 0 Å². The third kappa shape index (κ3) is 4.21. The minimum atomic E-state index is -0.614. The molecule has 1 aromatic rings. The van der Waals surface area contributed by atoms with E-state index in [2.05, 4.69) is 5.32 Å². The molecule has 4 N–H and O–H groups in total. The van der Waals surface area contributed by atoms with E-state index >= 15 is 0 Å². The molecule has 0 aliphatic carbocycles. The first-order chi connectivity index (χ1) is 8.15. The zero-order chi connectivity index (χ0) is 12.7. The van der Waals surface area contributed by atoms with Crippen molar-refractivity contribution < 1.29 is 19.4 Å². The van der Waals surface area contributed by atoms with Gasteiger partial charge in [-0.15, -0.1) is 0 Å². The number of primary amides is 1. The average Bonchev–Trinajstić information content (AvgIpc) is 2.29. The molecule has 1 rings (SSSR count). The normalized spacial score (nSPS) is 9.94. The Bertz CT molecular complexity index is 406. The number of aliphatic hydroxyl groups is 1. The molecule has 6 nitrogen and oxygen atoms in total. The molecule has 2 amide bonds. The lowest BCUT2D eigenvalue weighted by Crippen LogP contribution is -2.22. The number of benzene rings is 1. The Balaban J connectivity index is 2.61. The molecule has 0 bridgehead atoms. The van der Waals surface area contributed by atoms with Gasteiger partial charge in [0.05, 0.1) is 24.5 Å². The Morgan fingerprint density at radius 1 is 1.35 bits per heavy atom. The highest BCUT2D eigenvalue weighted by Gasteiger charge is 2.09. The molecule has 0 aromatic heterocycles. The van der Waals surface area contributed by atoms with Crippen molar-refractivity contribution >= 4 is 17.5 Å². The fourth-order valence-electron chi connectivity index (χ4n) is 1.22. The second-order valence-electron chi connectivity index (χ2n) is 3.23. The molecule has 0 heterocycles. The van der Waals surface area contributed by atoms with Gasteiger partial charge in [-0.05, 0) is 12.1 Å². The molecule has 0 aliphatic heterocycles. The highest BCUT2D eigenvalue weighted by atomic mass is 16.5. The van der Waals surface area contributed by atoms with E-state index in [1.165, 1.54) is 6.07 Å². The Morgan fingerprint density at radius 2 is 2.06 bits per heavy atom. The molecule has 0 radical (unpaired) electrons. The highest BCUT2D eigenvalue weighted by Crippen LogP contribution is 2.13. The maximum atomic E-state index is 11.4. The number of nitrogens with one attached hydrogen (secondary N) is 1. The Hall–Kier alpha value is -1.92. The summed E-state index contributed by atoms with van der Waals surface area (Å²) in [4.78, 5) is 22.5. The summed E-state index contributed by atoms with van der Waals surface area (Å²) in [5.74, 6) is -1.02. The van der Waals surface area contributed by atoms with Crippen molar-refractivity contribution in [2.75, 3.05) is 25.1 Å². The van der Waals surface area contributed by atoms with Crippen LogP contribution in [0.2, 0.25) is 0 Å². The van der Waals surface area contributed by atoms with Crippen molar-refractivity contribution in [3.63, 3.8) is 0 Å². The van der Waals surface area contributed by atoms with Crippen LogP contribution >= 0.6 is 0 Å². The van der Waals surface area contributed by atoms with Crippen molar-refractivity contribution in [1.82, 2.24) is 0 Å². The molecule has 0 spiro atoms. The number of anilines is 1. The van der Waals surface area contributed by atoms with Crippen LogP contribution in [0.25, 0.3) is 0 Å². The number of aliphatic hydroxyl groups excluding tert-OH is 1. The number of rotatable bonds is 6. The van der Waals surface area contributed by atoms with Crippen molar-refractivity contribution in [3.8, 4) is 0 Å². The predicted molar refractivity (Wildman–Crippen MR) is 61.5 cm³/mol. The van der Waals surface area contributed by atoms with Crippen LogP contribution in [0.15, 0.2) is 24.3 Å². The second-order valence-corrected chi connectivity index (χ2v) is 3.23. The number of carbonyl (C=O) groups excluding carboxylic acids is 2. The minimum absolute atomic E-state index is 0.0882. The van der Waals surface area contributed by atoms with E-state index in [-0.39, 0.29) is 25.4 Å². The zero-order valence-corrected chi connectivity index (χ0v) is 9.18. The standard InChI is InChI=1S/C11H14N2O4/c12-11(16)8-3-1-2-4-9(8)13-10(15)7-17-6-5-14/h1-4,14H,5-7H2,(H2,12,16)(H,13,15). The first-order valence-electron chi connectivity index (χ1n) is 5.02. The lowest BCUT2D eigenvalue weighted by Gasteiger charge is -2.08. The lowest BCUT2D eigenvalue weighted by molar-refractivity contribution is -0.120. The first-order valence-corrected chi connectivity index (χ1v) is 5.02. The van der Waals surface area contributed by atoms with Gasteiger partial charge in [0.2, 0.25) is 5.91 Å². The number of nitrogens with two attached hydrogens (primary N) is 1. The molecule has 17 heavy (non-hydrogen) atoms. The summed E-state index contributed by atoms with van der Waals surface area (Å²) < 4.78 is 4.84. The van der Waals surface area contributed by atoms with Gasteiger partial charge in [0.25, 0.3) is 5.91 Å². The van der Waals surface area contributed by atoms with Crippen LogP contribution in [0.1, 0.15) is 10.4 Å². The SMILES string of the molecule is NC(=O)c1ccccc1NC(=O)COCCO. The van der Waals surface area contributed by atoms with E-state index in [9.17, 15) is 9.59 Å². The van der Waals surface area contributed by atoms with Crippen molar-refractivity contribution in [1.29, 1.82) is 0 Å². The Labute approximate surface area is 98.4 Å². The molecule has 0 saturated heterocycles. The van der Waals surface area contributed by atoms with Gasteiger partial charge in [-0.2, -0.15) is 0 Å². The average molecular weight is 238 g/mol. The van der Waals surface area contributed by atoms with Crippen LogP contribution in [0.5, 0.6) is 0 Å². The lowest BCUT2D eigenvalue weighted by atomic mass is 10.1. The predicted octanol–water partition coefficient (Wildman–Crippen LogP) is -0.267. The van der Waals surface area contributed by atoms with Crippen LogP contribution in [0.3, 0.4) is 0 Å².